The Morgan fingerprint density at radius 3 is 2.57 bits per heavy atom. The highest BCUT2D eigenvalue weighted by Crippen LogP contribution is 2.37. The summed E-state index contributed by atoms with van der Waals surface area (Å²) in [4.78, 5) is 26.1. The Kier molecular flexibility index (Phi) is 5.72. The maximum atomic E-state index is 13.1. The maximum absolute atomic E-state index is 13.1. The third-order valence-electron chi connectivity index (χ3n) is 4.97. The molecule has 1 amide bonds. The fourth-order valence-corrected chi connectivity index (χ4v) is 3.84. The number of fused-ring (bicyclic) bond motifs is 1. The molecule has 0 spiro atoms. The van der Waals surface area contributed by atoms with Crippen LogP contribution in [0.3, 0.4) is 0 Å². The van der Waals surface area contributed by atoms with Gasteiger partial charge in [-0.3, -0.25) is 9.59 Å². The predicted octanol–water partition coefficient (Wildman–Crippen LogP) is 4.29. The van der Waals surface area contributed by atoms with Gasteiger partial charge >= 0.3 is 5.97 Å². The van der Waals surface area contributed by atoms with Gasteiger partial charge in [0.25, 0.3) is 0 Å². The van der Waals surface area contributed by atoms with Crippen LogP contribution in [0.15, 0.2) is 77.3 Å². The number of carbonyl (C=O) groups excluding carboxylic acids is 2. The third-order valence-corrected chi connectivity index (χ3v) is 5.47. The number of rotatable bonds is 5. The number of nitrogens with two attached hydrogens (primary N) is 1. The van der Waals surface area contributed by atoms with Crippen LogP contribution in [0.25, 0.3) is 0 Å². The zero-order valence-corrected chi connectivity index (χ0v) is 17.6. The Bertz CT molecular complexity index is 1090. The molecule has 0 aromatic heterocycles. The molecule has 0 radical (unpaired) electrons. The molecule has 0 bridgehead atoms. The fourth-order valence-electron chi connectivity index (χ4n) is 3.48. The Morgan fingerprint density at radius 1 is 1.03 bits per heavy atom. The van der Waals surface area contributed by atoms with Gasteiger partial charge in [-0.05, 0) is 35.4 Å². The number of amides is 1. The van der Waals surface area contributed by atoms with Crippen molar-refractivity contribution in [2.75, 3.05) is 16.4 Å². The van der Waals surface area contributed by atoms with Crippen LogP contribution in [0.2, 0.25) is 0 Å². The van der Waals surface area contributed by atoms with E-state index in [4.69, 9.17) is 10.5 Å². The molecule has 0 aliphatic carbocycles. The summed E-state index contributed by atoms with van der Waals surface area (Å²) in [6.07, 6.45) is 0. The first-order valence-corrected chi connectivity index (χ1v) is 10.2. The molecule has 0 saturated heterocycles. The number of halogens is 1. The zero-order valence-electron chi connectivity index (χ0n) is 16.0. The molecule has 1 heterocycles. The van der Waals surface area contributed by atoms with E-state index in [1.54, 1.807) is 18.2 Å². The highest BCUT2D eigenvalue weighted by atomic mass is 79.9. The minimum Gasteiger partial charge on any atom is -0.460 e. The number of carbonyl (C=O) groups is 2. The average molecular weight is 466 g/mol. The smallest absolute Gasteiger partial charge is 0.316 e. The van der Waals surface area contributed by atoms with E-state index in [0.717, 1.165) is 21.3 Å². The number of hydrogen-bond donors (Lipinski definition) is 3. The van der Waals surface area contributed by atoms with Gasteiger partial charge in [-0.15, -0.1) is 0 Å². The van der Waals surface area contributed by atoms with E-state index in [2.05, 4.69) is 26.6 Å². The van der Waals surface area contributed by atoms with Crippen LogP contribution in [-0.2, 0) is 20.9 Å². The minimum atomic E-state index is -0.816. The summed E-state index contributed by atoms with van der Waals surface area (Å²) in [5.74, 6) is -1.59. The molecule has 0 saturated carbocycles. The van der Waals surface area contributed by atoms with Crippen LogP contribution >= 0.6 is 15.9 Å². The number of ether oxygens (including phenoxy) is 1. The van der Waals surface area contributed by atoms with Gasteiger partial charge in [0.1, 0.15) is 18.6 Å². The lowest BCUT2D eigenvalue weighted by Gasteiger charge is -2.19. The van der Waals surface area contributed by atoms with Crippen LogP contribution in [-0.4, -0.2) is 17.9 Å². The molecule has 30 heavy (non-hydrogen) atoms. The summed E-state index contributed by atoms with van der Waals surface area (Å²) in [5, 5.41) is 5.97. The Labute approximate surface area is 182 Å². The lowest BCUT2D eigenvalue weighted by Crippen LogP contribution is -2.39. The van der Waals surface area contributed by atoms with E-state index in [1.165, 1.54) is 0 Å². The second-order valence-electron chi connectivity index (χ2n) is 7.00. The lowest BCUT2D eigenvalue weighted by molar-refractivity contribution is -0.148. The lowest BCUT2D eigenvalue weighted by atomic mass is 9.94. The molecule has 1 aliphatic heterocycles. The summed E-state index contributed by atoms with van der Waals surface area (Å²) in [7, 11) is 0. The monoisotopic (exact) mass is 465 g/mol. The number of para-hydroxylation sites is 1. The molecular weight excluding hydrogens is 446 g/mol. The summed E-state index contributed by atoms with van der Waals surface area (Å²) in [6.45, 7) is 0.144. The highest BCUT2D eigenvalue weighted by molar-refractivity contribution is 9.10. The van der Waals surface area contributed by atoms with Gasteiger partial charge in [0.15, 0.2) is 0 Å². The van der Waals surface area contributed by atoms with Gasteiger partial charge in [0.05, 0.1) is 11.4 Å². The normalized spacial score (nSPS) is 17.0. The van der Waals surface area contributed by atoms with E-state index in [-0.39, 0.29) is 12.5 Å². The van der Waals surface area contributed by atoms with Crippen LogP contribution < -0.4 is 16.4 Å². The van der Waals surface area contributed by atoms with E-state index in [9.17, 15) is 9.59 Å². The topological polar surface area (TPSA) is 93.5 Å². The van der Waals surface area contributed by atoms with Crippen molar-refractivity contribution >= 4 is 44.9 Å². The van der Waals surface area contributed by atoms with E-state index in [0.29, 0.717) is 11.4 Å². The van der Waals surface area contributed by atoms with Crippen molar-refractivity contribution < 1.29 is 14.3 Å². The molecule has 152 valence electrons. The third kappa shape index (κ3) is 4.16. The second kappa shape index (κ2) is 8.59. The summed E-state index contributed by atoms with van der Waals surface area (Å²) in [6, 6.07) is 21.2. The molecule has 7 heteroatoms. The van der Waals surface area contributed by atoms with Crippen LogP contribution in [0.5, 0.6) is 0 Å². The SMILES string of the molecule is Nc1ccc(Br)cc1NC(=O)[C@H]1Nc2ccccc2C1C(=O)OCc1ccccc1. The number of hydrogen-bond acceptors (Lipinski definition) is 5. The molecule has 1 unspecified atom stereocenters. The summed E-state index contributed by atoms with van der Waals surface area (Å²) < 4.78 is 6.34. The van der Waals surface area contributed by atoms with Crippen molar-refractivity contribution in [1.82, 2.24) is 0 Å². The Morgan fingerprint density at radius 2 is 1.77 bits per heavy atom. The molecule has 4 rings (SSSR count). The zero-order chi connectivity index (χ0) is 21.1. The van der Waals surface area contributed by atoms with Gasteiger partial charge in [0.2, 0.25) is 5.91 Å². The first-order valence-electron chi connectivity index (χ1n) is 9.45. The molecule has 6 nitrogen and oxygen atoms in total. The van der Waals surface area contributed by atoms with Crippen molar-refractivity contribution in [1.29, 1.82) is 0 Å². The summed E-state index contributed by atoms with van der Waals surface area (Å²) >= 11 is 3.37. The number of benzene rings is 3. The first-order chi connectivity index (χ1) is 14.5. The highest BCUT2D eigenvalue weighted by Gasteiger charge is 2.42. The van der Waals surface area contributed by atoms with Crippen molar-refractivity contribution in [3.8, 4) is 0 Å². The van der Waals surface area contributed by atoms with Crippen LogP contribution in [0.4, 0.5) is 17.1 Å². The molecule has 4 N–H and O–H groups in total. The largest absolute Gasteiger partial charge is 0.460 e. The first kappa shape index (κ1) is 20.0. The van der Waals surface area contributed by atoms with Gasteiger partial charge in [0, 0.05) is 10.2 Å². The van der Waals surface area contributed by atoms with Gasteiger partial charge in [-0.1, -0.05) is 64.5 Å². The van der Waals surface area contributed by atoms with Crippen molar-refractivity contribution in [2.45, 2.75) is 18.6 Å². The quantitative estimate of drug-likeness (QED) is 0.385. The Balaban J connectivity index is 1.56. The predicted molar refractivity (Wildman–Crippen MR) is 120 cm³/mol. The van der Waals surface area contributed by atoms with Crippen molar-refractivity contribution in [2.24, 2.45) is 0 Å². The Hall–Kier alpha value is -3.32. The van der Waals surface area contributed by atoms with Gasteiger partial charge < -0.3 is 21.1 Å². The van der Waals surface area contributed by atoms with Crippen molar-refractivity contribution in [3.63, 3.8) is 0 Å². The molecule has 0 fully saturated rings. The molecule has 3 aromatic carbocycles. The number of esters is 1. The second-order valence-corrected chi connectivity index (χ2v) is 7.92. The molecule has 1 aliphatic rings. The molecule has 2 atom stereocenters. The number of nitrogens with one attached hydrogen (secondary N) is 2. The van der Waals surface area contributed by atoms with Crippen LogP contribution in [0.1, 0.15) is 17.0 Å². The van der Waals surface area contributed by atoms with Crippen molar-refractivity contribution in [3.05, 3.63) is 88.4 Å². The average Bonchev–Trinajstić information content (AvgIpc) is 3.15. The maximum Gasteiger partial charge on any atom is 0.316 e. The fraction of sp³-hybridized carbons (Fsp3) is 0.130. The van der Waals surface area contributed by atoms with Gasteiger partial charge in [-0.25, -0.2) is 0 Å². The number of anilines is 3. The minimum absolute atomic E-state index is 0.144. The standard InChI is InChI=1S/C23H20BrN3O3/c24-15-10-11-17(25)19(12-15)27-22(28)21-20(16-8-4-5-9-18(16)26-21)23(29)30-13-14-6-2-1-3-7-14/h1-12,20-21,26H,13,25H2,(H,27,28)/t20?,21-/m0/s1. The van der Waals surface area contributed by atoms with Gasteiger partial charge in [-0.2, -0.15) is 0 Å². The summed E-state index contributed by atoms with van der Waals surface area (Å²) in [5.41, 5.74) is 9.24. The van der Waals surface area contributed by atoms with E-state index >= 15 is 0 Å². The number of nitrogen functional groups attached to an aromatic ring is 1. The van der Waals surface area contributed by atoms with Crippen LogP contribution in [0, 0.1) is 0 Å². The van der Waals surface area contributed by atoms with E-state index in [1.807, 2.05) is 54.6 Å². The van der Waals surface area contributed by atoms with E-state index < -0.39 is 17.9 Å². The molecule has 3 aromatic rings. The molecular formula is C23H20BrN3O3.